The molecule has 0 saturated carbocycles. The minimum absolute atomic E-state index is 0.188. The monoisotopic (exact) mass is 378 g/mol. The Morgan fingerprint density at radius 2 is 1.67 bits per heavy atom. The molecule has 2 heterocycles. The first-order valence-electron chi connectivity index (χ1n) is 8.55. The van der Waals surface area contributed by atoms with E-state index in [-0.39, 0.29) is 11.5 Å². The second kappa shape index (κ2) is 8.20. The average Bonchev–Trinajstić information content (AvgIpc) is 3.11. The van der Waals surface area contributed by atoms with Crippen LogP contribution in [0.4, 0.5) is 13.2 Å². The van der Waals surface area contributed by atoms with Gasteiger partial charge in [-0.25, -0.2) is 4.98 Å². The Balaban J connectivity index is 0.00000126. The summed E-state index contributed by atoms with van der Waals surface area (Å²) in [6, 6.07) is 8.10. The zero-order chi connectivity index (χ0) is 20.2. The lowest BCUT2D eigenvalue weighted by Gasteiger charge is -2.12. The van der Waals surface area contributed by atoms with Gasteiger partial charge in [-0.3, -0.25) is 9.89 Å². The van der Waals surface area contributed by atoms with Crippen molar-refractivity contribution in [1.29, 1.82) is 0 Å². The molecule has 2 aromatic heterocycles. The van der Waals surface area contributed by atoms with Gasteiger partial charge in [-0.1, -0.05) is 32.9 Å². The highest BCUT2D eigenvalue weighted by Crippen LogP contribution is 2.31. The molecule has 1 aromatic carbocycles. The molecule has 0 fully saturated rings. The van der Waals surface area contributed by atoms with Crippen molar-refractivity contribution in [3.63, 3.8) is 0 Å². The SMILES string of the molecule is CC.Cc1nc(-c2cc(C(C)c3ccc(C(F)(F)F)cc3)[nH]n2)cc(=O)[nH]1. The minimum Gasteiger partial charge on any atom is -0.311 e. The van der Waals surface area contributed by atoms with Crippen LogP contribution in [0.2, 0.25) is 0 Å². The maximum atomic E-state index is 12.6. The average molecular weight is 378 g/mol. The lowest BCUT2D eigenvalue weighted by atomic mass is 9.96. The molecule has 3 rings (SSSR count). The zero-order valence-corrected chi connectivity index (χ0v) is 15.5. The molecular formula is C19H21F3N4O. The van der Waals surface area contributed by atoms with E-state index in [1.54, 1.807) is 13.0 Å². The van der Waals surface area contributed by atoms with E-state index in [1.807, 2.05) is 20.8 Å². The molecule has 0 saturated heterocycles. The Bertz CT molecular complexity index is 943. The number of alkyl halides is 3. The highest BCUT2D eigenvalue weighted by atomic mass is 19.4. The Kier molecular flexibility index (Phi) is 6.20. The number of benzene rings is 1. The van der Waals surface area contributed by atoms with E-state index >= 15 is 0 Å². The van der Waals surface area contributed by atoms with Crippen molar-refractivity contribution >= 4 is 0 Å². The van der Waals surface area contributed by atoms with Gasteiger partial charge in [0.05, 0.1) is 11.3 Å². The summed E-state index contributed by atoms with van der Waals surface area (Å²) in [7, 11) is 0. The number of hydrogen-bond donors (Lipinski definition) is 2. The van der Waals surface area contributed by atoms with Crippen LogP contribution in [0.25, 0.3) is 11.4 Å². The fourth-order valence-electron chi connectivity index (χ4n) is 2.54. The third-order valence-electron chi connectivity index (χ3n) is 3.92. The lowest BCUT2D eigenvalue weighted by Crippen LogP contribution is -2.08. The van der Waals surface area contributed by atoms with Gasteiger partial charge in [-0.15, -0.1) is 0 Å². The van der Waals surface area contributed by atoms with E-state index in [0.717, 1.165) is 23.4 Å². The molecule has 0 aliphatic rings. The Morgan fingerprint density at radius 1 is 1.04 bits per heavy atom. The van der Waals surface area contributed by atoms with E-state index in [1.165, 1.54) is 18.2 Å². The van der Waals surface area contributed by atoms with Gasteiger partial charge < -0.3 is 4.98 Å². The lowest BCUT2D eigenvalue weighted by molar-refractivity contribution is -0.137. The molecule has 5 nitrogen and oxygen atoms in total. The quantitative estimate of drug-likeness (QED) is 0.696. The summed E-state index contributed by atoms with van der Waals surface area (Å²) in [5, 5.41) is 7.01. The molecule has 0 bridgehead atoms. The van der Waals surface area contributed by atoms with Crippen LogP contribution in [0.1, 0.15) is 49.3 Å². The van der Waals surface area contributed by atoms with Gasteiger partial charge in [0.1, 0.15) is 11.5 Å². The maximum Gasteiger partial charge on any atom is 0.416 e. The molecular weight excluding hydrogens is 357 g/mol. The highest BCUT2D eigenvalue weighted by molar-refractivity contribution is 5.54. The van der Waals surface area contributed by atoms with Crippen LogP contribution in [0.15, 0.2) is 41.2 Å². The zero-order valence-electron chi connectivity index (χ0n) is 15.5. The first-order valence-corrected chi connectivity index (χ1v) is 8.55. The van der Waals surface area contributed by atoms with Gasteiger partial charge in [-0.05, 0) is 30.7 Å². The number of nitrogens with zero attached hydrogens (tertiary/aromatic N) is 2. The second-order valence-corrected chi connectivity index (χ2v) is 5.77. The predicted molar refractivity (Wildman–Crippen MR) is 97.5 cm³/mol. The van der Waals surface area contributed by atoms with Gasteiger partial charge in [0.2, 0.25) is 0 Å². The highest BCUT2D eigenvalue weighted by Gasteiger charge is 2.30. The summed E-state index contributed by atoms with van der Waals surface area (Å²) >= 11 is 0. The molecule has 0 spiro atoms. The smallest absolute Gasteiger partial charge is 0.311 e. The molecule has 8 heteroatoms. The van der Waals surface area contributed by atoms with Crippen LogP contribution in [0.5, 0.6) is 0 Å². The number of rotatable bonds is 3. The molecule has 144 valence electrons. The molecule has 2 N–H and O–H groups in total. The van der Waals surface area contributed by atoms with Crippen molar-refractivity contribution in [2.45, 2.75) is 39.8 Å². The standard InChI is InChI=1S/C17H15F3N4O.C2H6/c1-9(11-3-5-12(6-4-11)17(18,19)20)13-7-15(24-23-13)14-8-16(25)22-10(2)21-14;1-2/h3-9H,1-2H3,(H,23,24)(H,21,22,25);1-2H3. The topological polar surface area (TPSA) is 74.4 Å². The Labute approximate surface area is 154 Å². The summed E-state index contributed by atoms with van der Waals surface area (Å²) in [4.78, 5) is 18.3. The number of aryl methyl sites for hydroxylation is 1. The molecule has 0 aliphatic heterocycles. The van der Waals surface area contributed by atoms with Crippen LogP contribution in [-0.2, 0) is 6.18 Å². The molecule has 1 unspecified atom stereocenters. The summed E-state index contributed by atoms with van der Waals surface area (Å²) in [6.07, 6.45) is -4.35. The molecule has 0 aliphatic carbocycles. The van der Waals surface area contributed by atoms with E-state index < -0.39 is 11.7 Å². The van der Waals surface area contributed by atoms with Gasteiger partial charge in [0, 0.05) is 17.7 Å². The predicted octanol–water partition coefficient (Wildman–Crippen LogP) is 4.67. The number of aromatic nitrogens is 4. The third-order valence-corrected chi connectivity index (χ3v) is 3.92. The first kappa shape index (κ1) is 20.4. The normalized spacial score (nSPS) is 12.3. The molecule has 1 atom stereocenters. The molecule has 0 radical (unpaired) electrons. The minimum atomic E-state index is -4.35. The van der Waals surface area contributed by atoms with Crippen LogP contribution >= 0.6 is 0 Å². The van der Waals surface area contributed by atoms with Gasteiger partial charge in [-0.2, -0.15) is 18.3 Å². The van der Waals surface area contributed by atoms with Crippen LogP contribution in [-0.4, -0.2) is 20.2 Å². The van der Waals surface area contributed by atoms with Crippen LogP contribution < -0.4 is 5.56 Å². The fraction of sp³-hybridized carbons (Fsp3) is 0.316. The summed E-state index contributed by atoms with van der Waals surface area (Å²) in [6.45, 7) is 7.53. The first-order chi connectivity index (χ1) is 12.7. The van der Waals surface area contributed by atoms with Gasteiger partial charge in [0.25, 0.3) is 5.56 Å². The molecule has 0 amide bonds. The largest absolute Gasteiger partial charge is 0.416 e. The van der Waals surface area contributed by atoms with Gasteiger partial charge >= 0.3 is 6.18 Å². The maximum absolute atomic E-state index is 12.6. The van der Waals surface area contributed by atoms with E-state index in [9.17, 15) is 18.0 Å². The number of H-pyrrole nitrogens is 2. The van der Waals surface area contributed by atoms with Gasteiger partial charge in [0.15, 0.2) is 0 Å². The van der Waals surface area contributed by atoms with Crippen molar-refractivity contribution in [2.24, 2.45) is 0 Å². The third kappa shape index (κ3) is 4.84. The van der Waals surface area contributed by atoms with Crippen molar-refractivity contribution in [1.82, 2.24) is 20.2 Å². The molecule has 3 aromatic rings. The second-order valence-electron chi connectivity index (χ2n) is 5.77. The van der Waals surface area contributed by atoms with Crippen LogP contribution in [0, 0.1) is 6.92 Å². The Hall–Kier alpha value is -2.90. The number of halogens is 3. The van der Waals surface area contributed by atoms with E-state index in [4.69, 9.17) is 0 Å². The van der Waals surface area contributed by atoms with Crippen molar-refractivity contribution in [2.75, 3.05) is 0 Å². The van der Waals surface area contributed by atoms with E-state index in [0.29, 0.717) is 17.2 Å². The van der Waals surface area contributed by atoms with Crippen molar-refractivity contribution < 1.29 is 13.2 Å². The van der Waals surface area contributed by atoms with Crippen molar-refractivity contribution in [3.05, 3.63) is 69.4 Å². The molecule has 27 heavy (non-hydrogen) atoms. The van der Waals surface area contributed by atoms with E-state index in [2.05, 4.69) is 20.2 Å². The number of aromatic amines is 2. The number of nitrogens with one attached hydrogen (secondary N) is 2. The fourth-order valence-corrected chi connectivity index (χ4v) is 2.54. The Morgan fingerprint density at radius 3 is 2.22 bits per heavy atom. The summed E-state index contributed by atoms with van der Waals surface area (Å²) < 4.78 is 37.9. The number of hydrogen-bond acceptors (Lipinski definition) is 3. The summed E-state index contributed by atoms with van der Waals surface area (Å²) in [5.74, 6) is 0.287. The van der Waals surface area contributed by atoms with Crippen molar-refractivity contribution in [3.8, 4) is 11.4 Å². The summed E-state index contributed by atoms with van der Waals surface area (Å²) in [5.41, 5.74) is 1.42. The van der Waals surface area contributed by atoms with Crippen LogP contribution in [0.3, 0.4) is 0 Å².